The van der Waals surface area contributed by atoms with E-state index in [-0.39, 0.29) is 24.1 Å². The van der Waals surface area contributed by atoms with Crippen molar-refractivity contribution in [3.63, 3.8) is 0 Å². The molecule has 2 aromatic rings. The van der Waals surface area contributed by atoms with Crippen molar-refractivity contribution in [1.82, 2.24) is 0 Å². The third-order valence-corrected chi connectivity index (χ3v) is 6.53. The van der Waals surface area contributed by atoms with Crippen molar-refractivity contribution in [1.29, 1.82) is 0 Å². The van der Waals surface area contributed by atoms with Crippen molar-refractivity contribution in [2.45, 2.75) is 49.6 Å². The van der Waals surface area contributed by atoms with Gasteiger partial charge in [-0.2, -0.15) is 0 Å². The van der Waals surface area contributed by atoms with Crippen LogP contribution in [-0.2, 0) is 15.7 Å². The number of fused-ring (bicyclic) bond motifs is 1. The van der Waals surface area contributed by atoms with E-state index in [4.69, 9.17) is 25.3 Å². The molecule has 0 amide bonds. The molecule has 120 valence electrons. The molecular formula is C18H20BClO3. The molecule has 0 N–H and O–H groups in total. The molecule has 3 nitrogen and oxygen atoms in total. The first-order valence-electron chi connectivity index (χ1n) is 8.56. The highest BCUT2D eigenvalue weighted by molar-refractivity contribution is 6.60. The van der Waals surface area contributed by atoms with Crippen LogP contribution in [0.1, 0.15) is 31.7 Å². The largest absolute Gasteiger partial charge is 0.477 e. The molecule has 4 aliphatic rings. The highest BCUT2D eigenvalue weighted by atomic mass is 35.5. The Morgan fingerprint density at radius 2 is 2.13 bits per heavy atom. The van der Waals surface area contributed by atoms with Gasteiger partial charge < -0.3 is 13.7 Å². The maximum atomic E-state index is 6.68. The third-order valence-electron chi connectivity index (χ3n) is 6.17. The summed E-state index contributed by atoms with van der Waals surface area (Å²) in [7, 11) is -0.320. The van der Waals surface area contributed by atoms with Gasteiger partial charge in [0.05, 0.1) is 23.2 Å². The van der Waals surface area contributed by atoms with E-state index in [9.17, 15) is 0 Å². The summed E-state index contributed by atoms with van der Waals surface area (Å²) in [6, 6.07) is 8.06. The highest BCUT2D eigenvalue weighted by Gasteiger charge is 2.61. The monoisotopic (exact) mass is 330 g/mol. The van der Waals surface area contributed by atoms with E-state index in [1.807, 2.05) is 18.2 Å². The predicted molar refractivity (Wildman–Crippen MR) is 90.5 cm³/mol. The quantitative estimate of drug-likeness (QED) is 0.624. The Morgan fingerprint density at radius 1 is 1.30 bits per heavy atom. The molecule has 23 heavy (non-hydrogen) atoms. The van der Waals surface area contributed by atoms with E-state index in [1.165, 1.54) is 12.8 Å². The summed E-state index contributed by atoms with van der Waals surface area (Å²) in [4.78, 5) is 0. The lowest BCUT2D eigenvalue weighted by Crippen LogP contribution is -2.56. The van der Waals surface area contributed by atoms with Gasteiger partial charge in [0.15, 0.2) is 0 Å². The lowest BCUT2D eigenvalue weighted by atomic mass is 9.57. The standard InChI is InChI=1S/C18H20BClO3/c1-18-13-6-11(7-13)8-16(18)22-19(23-18)17(20)9-12-10-21-15-5-3-2-4-14(12)15/h2-5,10-11,13,16-17H,6-9H2,1H3/t11-,13+,16-,17-,18+/m1/s1. The second kappa shape index (κ2) is 5.01. The number of para-hydroxylation sites is 1. The number of rotatable bonds is 3. The van der Waals surface area contributed by atoms with Crippen molar-refractivity contribution in [2.75, 3.05) is 0 Å². The molecule has 0 spiro atoms. The smallest absolute Gasteiger partial charge is 0.464 e. The van der Waals surface area contributed by atoms with Crippen molar-refractivity contribution in [3.05, 3.63) is 36.1 Å². The summed E-state index contributed by atoms with van der Waals surface area (Å²) in [5.74, 6) is 1.49. The molecule has 2 bridgehead atoms. The Kier molecular flexibility index (Phi) is 3.14. The zero-order chi connectivity index (χ0) is 15.6. The SMILES string of the molecule is C[C@@]12OB([C@H](Cl)Cc3coc4ccccc34)O[C@@H]1C[C@H]1C[C@@H]2C1. The maximum Gasteiger partial charge on any atom is 0.477 e. The van der Waals surface area contributed by atoms with E-state index in [2.05, 4.69) is 13.0 Å². The van der Waals surface area contributed by atoms with Gasteiger partial charge in [0.25, 0.3) is 0 Å². The molecule has 3 aliphatic carbocycles. The third kappa shape index (κ3) is 2.11. The summed E-state index contributed by atoms with van der Waals surface area (Å²) in [6.07, 6.45) is 6.43. The molecule has 0 unspecified atom stereocenters. The molecule has 3 saturated carbocycles. The van der Waals surface area contributed by atoms with E-state index < -0.39 is 0 Å². The first kappa shape index (κ1) is 14.4. The number of hydrogen-bond acceptors (Lipinski definition) is 3. The Balaban J connectivity index is 1.34. The molecule has 2 heterocycles. The van der Waals surface area contributed by atoms with Crippen molar-refractivity contribution >= 4 is 29.7 Å². The molecule has 6 rings (SSSR count). The summed E-state index contributed by atoms with van der Waals surface area (Å²) < 4.78 is 18.2. The fraction of sp³-hybridized carbons (Fsp3) is 0.556. The van der Waals surface area contributed by atoms with Crippen LogP contribution in [0.5, 0.6) is 0 Å². The normalized spacial score (nSPS) is 36.8. The van der Waals surface area contributed by atoms with Gasteiger partial charge in [0.1, 0.15) is 5.58 Å². The molecule has 1 aromatic heterocycles. The van der Waals surface area contributed by atoms with Crippen LogP contribution in [0.15, 0.2) is 34.9 Å². The van der Waals surface area contributed by atoms with Crippen molar-refractivity contribution in [2.24, 2.45) is 11.8 Å². The van der Waals surface area contributed by atoms with E-state index in [1.54, 1.807) is 6.26 Å². The molecule has 5 heteroatoms. The van der Waals surface area contributed by atoms with Gasteiger partial charge in [0, 0.05) is 5.39 Å². The minimum Gasteiger partial charge on any atom is -0.464 e. The minimum atomic E-state index is -0.320. The Hall–Kier alpha value is -0.965. The average Bonchev–Trinajstić information content (AvgIpc) is 3.07. The van der Waals surface area contributed by atoms with Crippen LogP contribution in [-0.4, -0.2) is 24.1 Å². The Morgan fingerprint density at radius 3 is 2.96 bits per heavy atom. The maximum absolute atomic E-state index is 6.68. The molecule has 1 aromatic carbocycles. The van der Waals surface area contributed by atoms with Crippen LogP contribution in [0, 0.1) is 11.8 Å². The van der Waals surface area contributed by atoms with Gasteiger partial charge in [-0.1, -0.05) is 18.2 Å². The van der Waals surface area contributed by atoms with Crippen LogP contribution >= 0.6 is 11.6 Å². The average molecular weight is 331 g/mol. The molecule has 3 atom stereocenters. The summed E-state index contributed by atoms with van der Waals surface area (Å²) in [5.41, 5.74) is 1.89. The number of furan rings is 1. The van der Waals surface area contributed by atoms with Gasteiger partial charge >= 0.3 is 7.12 Å². The summed E-state index contributed by atoms with van der Waals surface area (Å²) in [6.45, 7) is 2.22. The van der Waals surface area contributed by atoms with E-state index in [0.717, 1.165) is 28.9 Å². The van der Waals surface area contributed by atoms with Crippen LogP contribution in [0.4, 0.5) is 0 Å². The number of alkyl halides is 1. The van der Waals surface area contributed by atoms with Crippen LogP contribution in [0.2, 0.25) is 0 Å². The van der Waals surface area contributed by atoms with Crippen LogP contribution < -0.4 is 0 Å². The van der Waals surface area contributed by atoms with Crippen LogP contribution in [0.25, 0.3) is 11.0 Å². The first-order chi connectivity index (χ1) is 11.1. The number of benzene rings is 1. The van der Waals surface area contributed by atoms with Gasteiger partial charge in [-0.25, -0.2) is 0 Å². The zero-order valence-corrected chi connectivity index (χ0v) is 14.0. The Labute approximate surface area is 141 Å². The summed E-state index contributed by atoms with van der Waals surface area (Å²) >= 11 is 6.68. The minimum absolute atomic E-state index is 0.134. The molecular weight excluding hydrogens is 310 g/mol. The lowest BCUT2D eigenvalue weighted by Gasteiger charge is -2.53. The van der Waals surface area contributed by atoms with Gasteiger partial charge in [-0.3, -0.25) is 0 Å². The fourth-order valence-corrected chi connectivity index (χ4v) is 4.93. The zero-order valence-electron chi connectivity index (χ0n) is 13.2. The first-order valence-corrected chi connectivity index (χ1v) is 8.99. The Bertz CT molecular complexity index is 741. The molecule has 1 saturated heterocycles. The molecule has 4 fully saturated rings. The van der Waals surface area contributed by atoms with Gasteiger partial charge in [-0.05, 0) is 56.1 Å². The molecule has 1 aliphatic heterocycles. The predicted octanol–water partition coefficient (Wildman–Crippen LogP) is 4.21. The highest BCUT2D eigenvalue weighted by Crippen LogP contribution is 2.56. The molecule has 0 radical (unpaired) electrons. The fourth-order valence-electron chi connectivity index (χ4n) is 4.65. The van der Waals surface area contributed by atoms with E-state index >= 15 is 0 Å². The topological polar surface area (TPSA) is 31.6 Å². The number of halogens is 1. The lowest BCUT2D eigenvalue weighted by molar-refractivity contribution is -0.114. The van der Waals surface area contributed by atoms with Gasteiger partial charge in [0.2, 0.25) is 0 Å². The van der Waals surface area contributed by atoms with E-state index in [0.29, 0.717) is 12.3 Å². The van der Waals surface area contributed by atoms with Crippen molar-refractivity contribution < 1.29 is 13.7 Å². The number of hydrogen-bond donors (Lipinski definition) is 0. The second-order valence-corrected chi connectivity index (χ2v) is 8.10. The van der Waals surface area contributed by atoms with Crippen molar-refractivity contribution in [3.8, 4) is 0 Å². The second-order valence-electron chi connectivity index (χ2n) is 7.54. The van der Waals surface area contributed by atoms with Gasteiger partial charge in [-0.15, -0.1) is 11.6 Å². The summed E-state index contributed by atoms with van der Waals surface area (Å²) in [5, 5.41) is 0.928. The van der Waals surface area contributed by atoms with Crippen LogP contribution in [0.3, 0.4) is 0 Å².